The lowest BCUT2D eigenvalue weighted by Crippen LogP contribution is -2.34. The van der Waals surface area contributed by atoms with Crippen molar-refractivity contribution < 1.29 is 9.53 Å². The molecule has 0 aliphatic carbocycles. The van der Waals surface area contributed by atoms with E-state index in [-0.39, 0.29) is 5.91 Å². The molecule has 1 N–H and O–H groups in total. The van der Waals surface area contributed by atoms with Gasteiger partial charge in [0.15, 0.2) is 0 Å². The van der Waals surface area contributed by atoms with Gasteiger partial charge in [0.05, 0.1) is 0 Å². The molecule has 0 saturated heterocycles. The number of hydrogen-bond acceptors (Lipinski definition) is 4. The monoisotopic (exact) mass is 316 g/mol. The van der Waals surface area contributed by atoms with Crippen LogP contribution in [0.15, 0.2) is 30.7 Å². The Morgan fingerprint density at radius 3 is 2.74 bits per heavy atom. The van der Waals surface area contributed by atoms with Crippen molar-refractivity contribution in [3.63, 3.8) is 0 Å². The summed E-state index contributed by atoms with van der Waals surface area (Å²) in [5.41, 5.74) is 0.979. The Hall–Kier alpha value is -2.21. The molecule has 0 aliphatic heterocycles. The predicted molar refractivity (Wildman–Crippen MR) is 88.2 cm³/mol. The van der Waals surface area contributed by atoms with Gasteiger partial charge in [0, 0.05) is 31.7 Å². The fourth-order valence-electron chi connectivity index (χ4n) is 2.07. The average molecular weight is 316 g/mol. The summed E-state index contributed by atoms with van der Waals surface area (Å²) in [5.74, 6) is 1.96. The zero-order chi connectivity index (χ0) is 16.8. The van der Waals surface area contributed by atoms with Crippen molar-refractivity contribution in [3.8, 4) is 5.82 Å². The molecule has 0 aliphatic rings. The van der Waals surface area contributed by atoms with E-state index in [4.69, 9.17) is 4.74 Å². The van der Waals surface area contributed by atoms with Crippen LogP contribution in [0.5, 0.6) is 0 Å². The van der Waals surface area contributed by atoms with Gasteiger partial charge in [-0.3, -0.25) is 9.36 Å². The first kappa shape index (κ1) is 17.1. The Morgan fingerprint density at radius 1 is 1.30 bits per heavy atom. The number of hydrogen-bond donors (Lipinski definition) is 1. The standard InChI is InChI=1S/C17H24N4O2/c1-12(2)11-23-13(3)17(22)20-10-15-5-6-19-16(9-15)21-8-7-18-14(21)4/h5-9,12-13H,10-11H2,1-4H3,(H,20,22)/t13-/m0/s1. The number of imidazole rings is 1. The molecule has 0 unspecified atom stereocenters. The average Bonchev–Trinajstić information content (AvgIpc) is 2.96. The van der Waals surface area contributed by atoms with Gasteiger partial charge in [-0.15, -0.1) is 0 Å². The highest BCUT2D eigenvalue weighted by atomic mass is 16.5. The number of aromatic nitrogens is 3. The van der Waals surface area contributed by atoms with Crippen molar-refractivity contribution in [1.29, 1.82) is 0 Å². The molecule has 0 bridgehead atoms. The maximum Gasteiger partial charge on any atom is 0.249 e. The Kier molecular flexibility index (Phi) is 5.87. The van der Waals surface area contributed by atoms with Gasteiger partial charge in [0.2, 0.25) is 5.91 Å². The Morgan fingerprint density at radius 2 is 2.09 bits per heavy atom. The van der Waals surface area contributed by atoms with Crippen LogP contribution < -0.4 is 5.32 Å². The third-order valence-corrected chi connectivity index (χ3v) is 3.40. The van der Waals surface area contributed by atoms with Crippen LogP contribution in [0.4, 0.5) is 0 Å². The molecule has 0 saturated carbocycles. The number of aryl methyl sites for hydroxylation is 1. The van der Waals surface area contributed by atoms with Crippen LogP contribution in [0.2, 0.25) is 0 Å². The molecule has 23 heavy (non-hydrogen) atoms. The van der Waals surface area contributed by atoms with E-state index in [1.165, 1.54) is 0 Å². The number of nitrogens with zero attached hydrogens (tertiary/aromatic N) is 3. The van der Waals surface area contributed by atoms with Crippen LogP contribution in [0, 0.1) is 12.8 Å². The van der Waals surface area contributed by atoms with Gasteiger partial charge in [-0.25, -0.2) is 9.97 Å². The predicted octanol–water partition coefficient (Wildman–Crippen LogP) is 2.25. The topological polar surface area (TPSA) is 69.0 Å². The Labute approximate surface area is 136 Å². The molecule has 2 aromatic rings. The lowest BCUT2D eigenvalue weighted by atomic mass is 10.2. The third-order valence-electron chi connectivity index (χ3n) is 3.40. The summed E-state index contributed by atoms with van der Waals surface area (Å²) in [6.45, 7) is 8.82. The molecule has 6 heteroatoms. The maximum absolute atomic E-state index is 12.0. The van der Waals surface area contributed by atoms with Gasteiger partial charge in [-0.1, -0.05) is 13.8 Å². The van der Waals surface area contributed by atoms with Crippen molar-refractivity contribution in [2.75, 3.05) is 6.61 Å². The highest BCUT2D eigenvalue weighted by Crippen LogP contribution is 2.09. The molecule has 1 atom stereocenters. The minimum absolute atomic E-state index is 0.108. The minimum atomic E-state index is -0.449. The number of carbonyl (C=O) groups excluding carboxylic acids is 1. The number of carbonyl (C=O) groups is 1. The van der Waals surface area contributed by atoms with Crippen LogP contribution >= 0.6 is 0 Å². The maximum atomic E-state index is 12.0. The molecule has 2 aromatic heterocycles. The van der Waals surface area contributed by atoms with E-state index in [0.717, 1.165) is 17.2 Å². The second kappa shape index (κ2) is 7.87. The van der Waals surface area contributed by atoms with Crippen molar-refractivity contribution in [2.45, 2.75) is 40.3 Å². The summed E-state index contributed by atoms with van der Waals surface area (Å²) >= 11 is 0. The normalized spacial score (nSPS) is 12.4. The van der Waals surface area contributed by atoms with E-state index in [1.807, 2.05) is 29.8 Å². The van der Waals surface area contributed by atoms with Crippen molar-refractivity contribution in [2.24, 2.45) is 5.92 Å². The van der Waals surface area contributed by atoms with E-state index >= 15 is 0 Å². The molecular weight excluding hydrogens is 292 g/mol. The first-order valence-corrected chi connectivity index (χ1v) is 7.82. The number of amides is 1. The second-order valence-electron chi connectivity index (χ2n) is 5.95. The Balaban J connectivity index is 1.94. The van der Waals surface area contributed by atoms with E-state index in [1.54, 1.807) is 19.3 Å². The Bertz CT molecular complexity index is 652. The van der Waals surface area contributed by atoms with E-state index in [9.17, 15) is 4.79 Å². The fraction of sp³-hybridized carbons (Fsp3) is 0.471. The molecule has 2 rings (SSSR count). The van der Waals surface area contributed by atoms with Crippen LogP contribution in [0.3, 0.4) is 0 Å². The first-order valence-electron chi connectivity index (χ1n) is 7.82. The fourth-order valence-corrected chi connectivity index (χ4v) is 2.07. The van der Waals surface area contributed by atoms with Gasteiger partial charge in [-0.2, -0.15) is 0 Å². The van der Waals surface area contributed by atoms with Crippen molar-refractivity contribution in [1.82, 2.24) is 19.9 Å². The number of ether oxygens (including phenoxy) is 1. The number of nitrogens with one attached hydrogen (secondary N) is 1. The molecule has 1 amide bonds. The summed E-state index contributed by atoms with van der Waals surface area (Å²) in [5, 5.41) is 2.89. The van der Waals surface area contributed by atoms with Gasteiger partial charge < -0.3 is 10.1 Å². The van der Waals surface area contributed by atoms with E-state index < -0.39 is 6.10 Å². The van der Waals surface area contributed by atoms with E-state index in [2.05, 4.69) is 29.1 Å². The molecule has 0 radical (unpaired) electrons. The van der Waals surface area contributed by atoms with Crippen LogP contribution in [-0.2, 0) is 16.1 Å². The number of pyridine rings is 1. The summed E-state index contributed by atoms with van der Waals surface area (Å²) in [4.78, 5) is 20.6. The SMILES string of the molecule is Cc1nccn1-c1cc(CNC(=O)[C@H](C)OCC(C)C)ccn1. The summed E-state index contributed by atoms with van der Waals surface area (Å²) in [7, 11) is 0. The lowest BCUT2D eigenvalue weighted by Gasteiger charge is -2.15. The highest BCUT2D eigenvalue weighted by molar-refractivity contribution is 5.80. The van der Waals surface area contributed by atoms with E-state index in [0.29, 0.717) is 19.1 Å². The highest BCUT2D eigenvalue weighted by Gasteiger charge is 2.13. The largest absolute Gasteiger partial charge is 0.368 e. The van der Waals surface area contributed by atoms with Crippen molar-refractivity contribution in [3.05, 3.63) is 42.1 Å². The quantitative estimate of drug-likeness (QED) is 0.850. The molecule has 124 valence electrons. The van der Waals surface area contributed by atoms with Gasteiger partial charge in [-0.05, 0) is 37.5 Å². The summed E-state index contributed by atoms with van der Waals surface area (Å²) in [6.07, 6.45) is 4.88. The lowest BCUT2D eigenvalue weighted by molar-refractivity contribution is -0.132. The summed E-state index contributed by atoms with van der Waals surface area (Å²) < 4.78 is 7.42. The molecule has 0 fully saturated rings. The first-order chi connectivity index (χ1) is 11.0. The molecule has 6 nitrogen and oxygen atoms in total. The summed E-state index contributed by atoms with van der Waals surface area (Å²) in [6, 6.07) is 3.82. The van der Waals surface area contributed by atoms with Crippen LogP contribution in [0.25, 0.3) is 5.82 Å². The molecule has 2 heterocycles. The van der Waals surface area contributed by atoms with Gasteiger partial charge in [0.1, 0.15) is 17.7 Å². The molecule has 0 spiro atoms. The van der Waals surface area contributed by atoms with Gasteiger partial charge >= 0.3 is 0 Å². The molecule has 0 aromatic carbocycles. The zero-order valence-corrected chi connectivity index (χ0v) is 14.1. The van der Waals surface area contributed by atoms with Crippen LogP contribution in [-0.4, -0.2) is 33.2 Å². The minimum Gasteiger partial charge on any atom is -0.368 e. The van der Waals surface area contributed by atoms with Gasteiger partial charge in [0.25, 0.3) is 0 Å². The van der Waals surface area contributed by atoms with Crippen LogP contribution in [0.1, 0.15) is 32.2 Å². The third kappa shape index (κ3) is 4.89. The van der Waals surface area contributed by atoms with Crippen molar-refractivity contribution >= 4 is 5.91 Å². The zero-order valence-electron chi connectivity index (χ0n) is 14.1. The second-order valence-corrected chi connectivity index (χ2v) is 5.95. The number of rotatable bonds is 7. The molecular formula is C17H24N4O2. The smallest absolute Gasteiger partial charge is 0.249 e.